The lowest BCUT2D eigenvalue weighted by Gasteiger charge is -2.09. The molecule has 9 heteroatoms. The van der Waals surface area contributed by atoms with Crippen molar-refractivity contribution in [2.45, 2.75) is 25.2 Å². The Hall–Kier alpha value is -3.98. The van der Waals surface area contributed by atoms with E-state index in [0.717, 1.165) is 33.8 Å². The maximum atomic E-state index is 12.2. The van der Waals surface area contributed by atoms with Gasteiger partial charge in [-0.15, -0.1) is 0 Å². The van der Waals surface area contributed by atoms with Crippen LogP contribution in [-0.4, -0.2) is 35.8 Å². The summed E-state index contributed by atoms with van der Waals surface area (Å²) in [6.07, 6.45) is 3.19. The molecule has 0 atom stereocenters. The number of carbonyl (C=O) groups is 1. The van der Waals surface area contributed by atoms with Crippen LogP contribution >= 0.6 is 0 Å². The summed E-state index contributed by atoms with van der Waals surface area (Å²) in [4.78, 5) is 15.7. The zero-order valence-corrected chi connectivity index (χ0v) is 19.7. The molecule has 8 nitrogen and oxygen atoms in total. The molecule has 2 aromatic heterocycles. The largest absolute Gasteiger partial charge is 0.337 e. The SMILES string of the molecule is Cc1nn(-c2ccc(CCNC(=O)NS(=O)(=O)c3cccnc3)cc2)c(C)c1-c1ccccc1. The van der Waals surface area contributed by atoms with E-state index in [0.29, 0.717) is 6.42 Å². The third kappa shape index (κ3) is 5.15. The van der Waals surface area contributed by atoms with Crippen LogP contribution in [0.5, 0.6) is 0 Å². The molecule has 0 saturated heterocycles. The molecule has 4 rings (SSSR count). The maximum absolute atomic E-state index is 12.2. The fourth-order valence-electron chi connectivity index (χ4n) is 3.76. The summed E-state index contributed by atoms with van der Waals surface area (Å²) in [6, 6.07) is 20.2. The van der Waals surface area contributed by atoms with Crippen molar-refractivity contribution in [1.29, 1.82) is 0 Å². The van der Waals surface area contributed by atoms with Crippen LogP contribution in [0.4, 0.5) is 4.79 Å². The quantitative estimate of drug-likeness (QED) is 0.423. The Balaban J connectivity index is 1.36. The topological polar surface area (TPSA) is 106 Å². The second-order valence-electron chi connectivity index (χ2n) is 7.79. The first-order valence-electron chi connectivity index (χ1n) is 10.8. The summed E-state index contributed by atoms with van der Waals surface area (Å²) in [5, 5.41) is 7.30. The smallest absolute Gasteiger partial charge is 0.328 e. The van der Waals surface area contributed by atoms with Gasteiger partial charge in [-0.1, -0.05) is 42.5 Å². The van der Waals surface area contributed by atoms with Gasteiger partial charge in [0.25, 0.3) is 10.0 Å². The highest BCUT2D eigenvalue weighted by Gasteiger charge is 2.17. The van der Waals surface area contributed by atoms with Crippen molar-refractivity contribution < 1.29 is 13.2 Å². The maximum Gasteiger partial charge on any atom is 0.328 e. The lowest BCUT2D eigenvalue weighted by Crippen LogP contribution is -2.40. The number of pyridine rings is 1. The number of rotatable bonds is 7. The predicted octanol–water partition coefficient (Wildman–Crippen LogP) is 3.78. The fourth-order valence-corrected chi connectivity index (χ4v) is 4.66. The molecule has 0 bridgehead atoms. The molecule has 174 valence electrons. The van der Waals surface area contributed by atoms with Gasteiger partial charge >= 0.3 is 6.03 Å². The van der Waals surface area contributed by atoms with Gasteiger partial charge in [0, 0.05) is 30.2 Å². The van der Waals surface area contributed by atoms with Gasteiger partial charge in [0.15, 0.2) is 0 Å². The Labute approximate surface area is 198 Å². The average Bonchev–Trinajstić information content (AvgIpc) is 3.14. The van der Waals surface area contributed by atoms with Gasteiger partial charge in [-0.25, -0.2) is 22.6 Å². The van der Waals surface area contributed by atoms with Crippen molar-refractivity contribution in [1.82, 2.24) is 24.8 Å². The van der Waals surface area contributed by atoms with Gasteiger partial charge < -0.3 is 5.32 Å². The lowest BCUT2D eigenvalue weighted by molar-refractivity contribution is 0.246. The van der Waals surface area contributed by atoms with Crippen LogP contribution < -0.4 is 10.0 Å². The normalized spacial score (nSPS) is 11.2. The monoisotopic (exact) mass is 475 g/mol. The molecule has 0 saturated carbocycles. The molecule has 0 aliphatic heterocycles. The van der Waals surface area contributed by atoms with E-state index >= 15 is 0 Å². The summed E-state index contributed by atoms with van der Waals surface area (Å²) in [7, 11) is -3.95. The highest BCUT2D eigenvalue weighted by atomic mass is 32.2. The zero-order chi connectivity index (χ0) is 24.1. The van der Waals surface area contributed by atoms with Gasteiger partial charge in [-0.05, 0) is 55.7 Å². The summed E-state index contributed by atoms with van der Waals surface area (Å²) in [5.41, 5.74) is 6.23. The van der Waals surface area contributed by atoms with E-state index in [9.17, 15) is 13.2 Å². The highest BCUT2D eigenvalue weighted by molar-refractivity contribution is 7.90. The molecule has 0 radical (unpaired) electrons. The van der Waals surface area contributed by atoms with Crippen LogP contribution in [0.25, 0.3) is 16.8 Å². The van der Waals surface area contributed by atoms with E-state index < -0.39 is 16.1 Å². The van der Waals surface area contributed by atoms with Crippen molar-refractivity contribution in [2.24, 2.45) is 0 Å². The first-order chi connectivity index (χ1) is 16.3. The minimum Gasteiger partial charge on any atom is -0.337 e. The van der Waals surface area contributed by atoms with E-state index in [2.05, 4.69) is 29.4 Å². The second kappa shape index (κ2) is 9.88. The lowest BCUT2D eigenvalue weighted by atomic mass is 10.0. The number of hydrogen-bond acceptors (Lipinski definition) is 5. The van der Waals surface area contributed by atoms with Crippen LogP contribution in [0.2, 0.25) is 0 Å². The predicted molar refractivity (Wildman–Crippen MR) is 130 cm³/mol. The molecule has 0 unspecified atom stereocenters. The molecular formula is C25H25N5O3S. The zero-order valence-electron chi connectivity index (χ0n) is 18.9. The number of nitrogens with zero attached hydrogens (tertiary/aromatic N) is 3. The molecule has 2 N–H and O–H groups in total. The van der Waals surface area contributed by atoms with Crippen LogP contribution in [0.15, 0.2) is 84.0 Å². The van der Waals surface area contributed by atoms with Gasteiger partial charge in [-0.3, -0.25) is 4.98 Å². The number of urea groups is 1. The van der Waals surface area contributed by atoms with Gasteiger partial charge in [-0.2, -0.15) is 5.10 Å². The Morgan fingerprint density at radius 3 is 2.38 bits per heavy atom. The van der Waals surface area contributed by atoms with Crippen LogP contribution in [0.1, 0.15) is 17.0 Å². The Bertz CT molecular complexity index is 1380. The average molecular weight is 476 g/mol. The minimum atomic E-state index is -3.95. The standard InChI is InChI=1S/C25H25N5O3S/c1-18-24(21-7-4-3-5-8-21)19(2)30(28-18)22-12-10-20(11-13-22)14-16-27-25(31)29-34(32,33)23-9-6-15-26-17-23/h3-13,15,17H,14,16H2,1-2H3,(H2,27,29,31). The van der Waals surface area contributed by atoms with E-state index in [4.69, 9.17) is 5.10 Å². The molecule has 0 spiro atoms. The number of sulfonamides is 1. The third-order valence-corrected chi connectivity index (χ3v) is 6.72. The summed E-state index contributed by atoms with van der Waals surface area (Å²) < 4.78 is 28.3. The van der Waals surface area contributed by atoms with Crippen molar-refractivity contribution in [2.75, 3.05) is 6.54 Å². The minimum absolute atomic E-state index is 0.0692. The number of nitrogens with one attached hydrogen (secondary N) is 2. The third-order valence-electron chi connectivity index (χ3n) is 5.41. The first-order valence-corrected chi connectivity index (χ1v) is 12.2. The van der Waals surface area contributed by atoms with Crippen molar-refractivity contribution in [3.63, 3.8) is 0 Å². The highest BCUT2D eigenvalue weighted by Crippen LogP contribution is 2.28. The number of amides is 2. The molecule has 2 amide bonds. The summed E-state index contributed by atoms with van der Waals surface area (Å²) in [5.74, 6) is 0. The first kappa shape index (κ1) is 23.2. The van der Waals surface area contributed by atoms with Gasteiger partial charge in [0.05, 0.1) is 11.4 Å². The van der Waals surface area contributed by atoms with Crippen molar-refractivity contribution >= 4 is 16.1 Å². The Morgan fingerprint density at radius 2 is 1.71 bits per heavy atom. The number of aromatic nitrogens is 3. The van der Waals surface area contributed by atoms with Crippen molar-refractivity contribution in [3.05, 3.63) is 96.1 Å². The molecule has 0 aliphatic carbocycles. The number of hydrogen-bond donors (Lipinski definition) is 2. The van der Waals surface area contributed by atoms with Gasteiger partial charge in [0.1, 0.15) is 4.90 Å². The van der Waals surface area contributed by atoms with Crippen LogP contribution in [-0.2, 0) is 16.4 Å². The van der Waals surface area contributed by atoms with Crippen molar-refractivity contribution in [3.8, 4) is 16.8 Å². The molecular weight excluding hydrogens is 450 g/mol. The van der Waals surface area contributed by atoms with E-state index in [1.807, 2.05) is 58.8 Å². The molecule has 0 fully saturated rings. The molecule has 34 heavy (non-hydrogen) atoms. The second-order valence-corrected chi connectivity index (χ2v) is 9.47. The fraction of sp³-hybridized carbons (Fsp3) is 0.160. The van der Waals surface area contributed by atoms with Crippen LogP contribution in [0, 0.1) is 13.8 Å². The Kier molecular flexibility index (Phi) is 6.74. The molecule has 4 aromatic rings. The molecule has 2 heterocycles. The van der Waals surface area contributed by atoms with E-state index in [-0.39, 0.29) is 11.4 Å². The molecule has 2 aromatic carbocycles. The van der Waals surface area contributed by atoms with E-state index in [1.54, 1.807) is 0 Å². The summed E-state index contributed by atoms with van der Waals surface area (Å²) >= 11 is 0. The van der Waals surface area contributed by atoms with Gasteiger partial charge in [0.2, 0.25) is 0 Å². The van der Waals surface area contributed by atoms with E-state index in [1.165, 1.54) is 24.5 Å². The number of carbonyl (C=O) groups excluding carboxylic acids is 1. The summed E-state index contributed by atoms with van der Waals surface area (Å²) in [6.45, 7) is 4.34. The number of aryl methyl sites for hydroxylation is 1. The van der Waals surface area contributed by atoms with Crippen LogP contribution in [0.3, 0.4) is 0 Å². The molecule has 0 aliphatic rings. The Morgan fingerprint density at radius 1 is 0.971 bits per heavy atom. The number of benzene rings is 2.